The van der Waals surface area contributed by atoms with Crippen LogP contribution in [0, 0.1) is 12.3 Å². The molecule has 1 aromatic carbocycles. The van der Waals surface area contributed by atoms with Crippen LogP contribution in [0.25, 0.3) is 0 Å². The summed E-state index contributed by atoms with van der Waals surface area (Å²) in [7, 11) is 0. The van der Waals surface area contributed by atoms with Gasteiger partial charge in [-0.3, -0.25) is 9.59 Å². The number of rotatable bonds is 3. The van der Waals surface area contributed by atoms with Crippen LogP contribution in [-0.4, -0.2) is 23.3 Å². The zero-order chi connectivity index (χ0) is 18.9. The molecule has 0 spiro atoms. The van der Waals surface area contributed by atoms with Gasteiger partial charge in [-0.05, 0) is 37.0 Å². The Balaban J connectivity index is 1.80. The minimum atomic E-state index is -0.463. The minimum absolute atomic E-state index is 0.0407. The lowest BCUT2D eigenvalue weighted by Crippen LogP contribution is -2.30. The highest BCUT2D eigenvalue weighted by molar-refractivity contribution is 7.18. The summed E-state index contributed by atoms with van der Waals surface area (Å²) in [6.07, 6.45) is 2.01. The Morgan fingerprint density at radius 1 is 1.19 bits per heavy atom. The van der Waals surface area contributed by atoms with Gasteiger partial charge < -0.3 is 10.2 Å². The molecule has 1 aliphatic rings. The fourth-order valence-electron chi connectivity index (χ4n) is 3.22. The van der Waals surface area contributed by atoms with Crippen molar-refractivity contribution in [2.24, 2.45) is 5.41 Å². The fourth-order valence-corrected chi connectivity index (χ4v) is 4.24. The number of nitrogens with zero attached hydrogens (tertiary/aromatic N) is 1. The van der Waals surface area contributed by atoms with Crippen LogP contribution in [0.2, 0.25) is 0 Å². The summed E-state index contributed by atoms with van der Waals surface area (Å²) in [4.78, 5) is 28.1. The maximum Gasteiger partial charge on any atom is 0.264 e. The molecule has 2 aromatic rings. The van der Waals surface area contributed by atoms with Crippen molar-refractivity contribution in [1.29, 1.82) is 0 Å². The Labute approximate surface area is 159 Å². The van der Waals surface area contributed by atoms with E-state index < -0.39 is 5.41 Å². The van der Waals surface area contributed by atoms with E-state index in [9.17, 15) is 9.59 Å². The smallest absolute Gasteiger partial charge is 0.264 e. The van der Waals surface area contributed by atoms with Gasteiger partial charge in [0.15, 0.2) is 0 Å². The number of aryl methyl sites for hydroxylation is 1. The highest BCUT2D eigenvalue weighted by atomic mass is 32.1. The molecule has 1 N–H and O–H groups in total. The zero-order valence-electron chi connectivity index (χ0n) is 15.8. The summed E-state index contributed by atoms with van der Waals surface area (Å²) < 4.78 is 0. The van der Waals surface area contributed by atoms with Crippen molar-refractivity contribution >= 4 is 28.2 Å². The van der Waals surface area contributed by atoms with E-state index in [0.717, 1.165) is 34.8 Å². The third-order valence-corrected chi connectivity index (χ3v) is 5.87. The summed E-state index contributed by atoms with van der Waals surface area (Å²) in [5, 5.41) is 3.68. The van der Waals surface area contributed by atoms with Crippen LogP contribution in [0.4, 0.5) is 5.00 Å². The average molecular weight is 371 g/mol. The first-order chi connectivity index (χ1) is 12.3. The van der Waals surface area contributed by atoms with Gasteiger partial charge in [0.05, 0.1) is 15.9 Å². The van der Waals surface area contributed by atoms with Crippen molar-refractivity contribution in [2.75, 3.05) is 11.9 Å². The standard InChI is InChI=1S/C21H26N2O2S/c1-14-13-17(22-20(25)21(2,3)4)26-18(14)19(24)23-12-8-11-16(23)15-9-6-5-7-10-15/h5-7,9-10,13,16H,8,11-12H2,1-4H3,(H,22,25). The summed E-state index contributed by atoms with van der Waals surface area (Å²) in [5.74, 6) is 0.0243. The molecule has 4 nitrogen and oxygen atoms in total. The van der Waals surface area contributed by atoms with E-state index in [1.54, 1.807) is 0 Å². The van der Waals surface area contributed by atoms with E-state index in [2.05, 4.69) is 17.4 Å². The van der Waals surface area contributed by atoms with Gasteiger partial charge in [-0.25, -0.2) is 0 Å². The first-order valence-corrected chi connectivity index (χ1v) is 9.87. The first kappa shape index (κ1) is 18.6. The van der Waals surface area contributed by atoms with Gasteiger partial charge >= 0.3 is 0 Å². The lowest BCUT2D eigenvalue weighted by Gasteiger charge is -2.25. The van der Waals surface area contributed by atoms with Crippen molar-refractivity contribution < 1.29 is 9.59 Å². The molecule has 0 aliphatic carbocycles. The van der Waals surface area contributed by atoms with Gasteiger partial charge in [0, 0.05) is 12.0 Å². The van der Waals surface area contributed by atoms with Crippen molar-refractivity contribution in [1.82, 2.24) is 4.90 Å². The van der Waals surface area contributed by atoms with Crippen LogP contribution >= 0.6 is 11.3 Å². The average Bonchev–Trinajstić information content (AvgIpc) is 3.21. The molecular formula is C21H26N2O2S. The molecule has 0 radical (unpaired) electrons. The van der Waals surface area contributed by atoms with Crippen molar-refractivity contribution in [2.45, 2.75) is 46.6 Å². The molecule has 1 saturated heterocycles. The number of nitrogens with one attached hydrogen (secondary N) is 1. The maximum atomic E-state index is 13.2. The predicted molar refractivity (Wildman–Crippen MR) is 107 cm³/mol. The minimum Gasteiger partial charge on any atom is -0.331 e. The lowest BCUT2D eigenvalue weighted by atomic mass is 9.96. The van der Waals surface area contributed by atoms with Gasteiger partial charge in [-0.1, -0.05) is 51.1 Å². The summed E-state index contributed by atoms with van der Waals surface area (Å²) in [5.41, 5.74) is 1.65. The fraction of sp³-hybridized carbons (Fsp3) is 0.429. The summed E-state index contributed by atoms with van der Waals surface area (Å²) in [6, 6.07) is 12.3. The van der Waals surface area contributed by atoms with Gasteiger partial charge in [0.25, 0.3) is 5.91 Å². The van der Waals surface area contributed by atoms with Gasteiger partial charge in [-0.2, -0.15) is 0 Å². The van der Waals surface area contributed by atoms with Crippen molar-refractivity contribution in [3.63, 3.8) is 0 Å². The predicted octanol–water partition coefficient (Wildman–Crippen LogP) is 5.02. The Bertz CT molecular complexity index is 805. The number of likely N-dealkylation sites (tertiary alicyclic amines) is 1. The highest BCUT2D eigenvalue weighted by Gasteiger charge is 2.32. The van der Waals surface area contributed by atoms with Crippen molar-refractivity contribution in [3.8, 4) is 0 Å². The molecule has 3 rings (SSSR count). The molecule has 1 atom stereocenters. The van der Waals surface area contributed by atoms with Crippen LogP contribution < -0.4 is 5.32 Å². The summed E-state index contributed by atoms with van der Waals surface area (Å²) in [6.45, 7) is 8.35. The van der Waals surface area contributed by atoms with E-state index in [0.29, 0.717) is 0 Å². The second-order valence-electron chi connectivity index (χ2n) is 7.89. The molecule has 26 heavy (non-hydrogen) atoms. The number of benzene rings is 1. The number of amides is 2. The van der Waals surface area contributed by atoms with E-state index in [4.69, 9.17) is 0 Å². The number of carbonyl (C=O) groups is 2. The quantitative estimate of drug-likeness (QED) is 0.825. The highest BCUT2D eigenvalue weighted by Crippen LogP contribution is 2.36. The number of hydrogen-bond acceptors (Lipinski definition) is 3. The van der Waals surface area contributed by atoms with Crippen molar-refractivity contribution in [3.05, 3.63) is 52.4 Å². The van der Waals surface area contributed by atoms with Gasteiger partial charge in [0.1, 0.15) is 0 Å². The van der Waals surface area contributed by atoms with Crippen LogP contribution in [0.1, 0.15) is 60.5 Å². The number of thiophene rings is 1. The Kier molecular flexibility index (Phi) is 5.19. The number of hydrogen-bond donors (Lipinski definition) is 1. The molecule has 5 heteroatoms. The lowest BCUT2D eigenvalue weighted by molar-refractivity contribution is -0.123. The van der Waals surface area contributed by atoms with Crippen LogP contribution in [0.5, 0.6) is 0 Å². The molecule has 2 heterocycles. The monoisotopic (exact) mass is 370 g/mol. The topological polar surface area (TPSA) is 49.4 Å². The third-order valence-electron chi connectivity index (χ3n) is 4.73. The van der Waals surface area contributed by atoms with Crippen LogP contribution in [0.15, 0.2) is 36.4 Å². The number of anilines is 1. The zero-order valence-corrected chi connectivity index (χ0v) is 16.7. The molecule has 1 unspecified atom stereocenters. The maximum absolute atomic E-state index is 13.2. The molecular weight excluding hydrogens is 344 g/mol. The molecule has 2 amide bonds. The van der Waals surface area contributed by atoms with E-state index >= 15 is 0 Å². The molecule has 138 valence electrons. The van der Waals surface area contributed by atoms with Crippen LogP contribution in [-0.2, 0) is 4.79 Å². The molecule has 1 fully saturated rings. The van der Waals surface area contributed by atoms with E-state index in [-0.39, 0.29) is 17.9 Å². The largest absolute Gasteiger partial charge is 0.331 e. The van der Waals surface area contributed by atoms with Gasteiger partial charge in [0.2, 0.25) is 5.91 Å². The normalized spacial score (nSPS) is 17.4. The SMILES string of the molecule is Cc1cc(NC(=O)C(C)(C)C)sc1C(=O)N1CCCC1c1ccccc1. The molecule has 0 bridgehead atoms. The number of carbonyl (C=O) groups excluding carboxylic acids is 2. The second-order valence-corrected chi connectivity index (χ2v) is 8.95. The van der Waals surface area contributed by atoms with Gasteiger partial charge in [-0.15, -0.1) is 11.3 Å². The van der Waals surface area contributed by atoms with E-state index in [1.807, 2.05) is 56.9 Å². The Hall–Kier alpha value is -2.14. The molecule has 1 aliphatic heterocycles. The Morgan fingerprint density at radius 2 is 1.88 bits per heavy atom. The Morgan fingerprint density at radius 3 is 2.54 bits per heavy atom. The summed E-state index contributed by atoms with van der Waals surface area (Å²) >= 11 is 1.37. The van der Waals surface area contributed by atoms with Crippen LogP contribution in [0.3, 0.4) is 0 Å². The molecule has 1 aromatic heterocycles. The third kappa shape index (κ3) is 3.83. The molecule has 0 saturated carbocycles. The van der Waals surface area contributed by atoms with E-state index in [1.165, 1.54) is 16.9 Å². The second kappa shape index (κ2) is 7.23. The first-order valence-electron chi connectivity index (χ1n) is 9.05.